The molecule has 0 aliphatic carbocycles. The summed E-state index contributed by atoms with van der Waals surface area (Å²) in [5.74, 6) is -0.324. The zero-order valence-corrected chi connectivity index (χ0v) is 15.7. The number of halogens is 3. The van der Waals surface area contributed by atoms with Gasteiger partial charge in [-0.05, 0) is 48.7 Å². The Kier molecular flexibility index (Phi) is 6.36. The number of amides is 2. The number of nitrogens with one attached hydrogen (secondary N) is 1. The third kappa shape index (κ3) is 5.70. The third-order valence-electron chi connectivity index (χ3n) is 4.83. The van der Waals surface area contributed by atoms with Crippen molar-refractivity contribution >= 4 is 17.9 Å². The van der Waals surface area contributed by atoms with E-state index >= 15 is 0 Å². The number of likely N-dealkylation sites (tertiary alicyclic amines) is 1. The molecule has 2 aromatic rings. The maximum atomic E-state index is 12.6. The first-order valence-electron chi connectivity index (χ1n) is 9.33. The van der Waals surface area contributed by atoms with Gasteiger partial charge in [0.1, 0.15) is 0 Å². The minimum absolute atomic E-state index is 0.00523. The number of nitrogens with zero attached hydrogens (tertiary/aromatic N) is 1. The molecule has 7 heteroatoms. The van der Waals surface area contributed by atoms with Crippen LogP contribution in [0.4, 0.5) is 13.2 Å². The lowest BCUT2D eigenvalue weighted by atomic mass is 10.0. The van der Waals surface area contributed by atoms with Gasteiger partial charge in [0.05, 0.1) is 5.56 Å². The molecule has 1 aliphatic rings. The highest BCUT2D eigenvalue weighted by Gasteiger charge is 2.29. The van der Waals surface area contributed by atoms with Gasteiger partial charge in [-0.1, -0.05) is 30.3 Å². The maximum absolute atomic E-state index is 12.6. The first-order valence-corrected chi connectivity index (χ1v) is 9.33. The second-order valence-electron chi connectivity index (χ2n) is 6.89. The highest BCUT2D eigenvalue weighted by Crippen LogP contribution is 2.29. The van der Waals surface area contributed by atoms with Gasteiger partial charge in [0, 0.05) is 30.8 Å². The molecule has 0 aromatic heterocycles. The van der Waals surface area contributed by atoms with Crippen LogP contribution in [0.2, 0.25) is 0 Å². The number of hydrogen-bond donors (Lipinski definition) is 1. The van der Waals surface area contributed by atoms with Crippen LogP contribution in [0.25, 0.3) is 6.08 Å². The van der Waals surface area contributed by atoms with Crippen LogP contribution in [0.1, 0.15) is 34.3 Å². The molecule has 29 heavy (non-hydrogen) atoms. The minimum Gasteiger partial charge on any atom is -0.349 e. The Balaban J connectivity index is 1.48. The van der Waals surface area contributed by atoms with E-state index in [0.29, 0.717) is 37.1 Å². The number of carbonyl (C=O) groups is 2. The van der Waals surface area contributed by atoms with E-state index in [9.17, 15) is 22.8 Å². The van der Waals surface area contributed by atoms with E-state index in [4.69, 9.17) is 0 Å². The molecule has 0 unspecified atom stereocenters. The summed E-state index contributed by atoms with van der Waals surface area (Å²) in [6.07, 6.45) is -0.202. The van der Waals surface area contributed by atoms with Crippen LogP contribution in [0, 0.1) is 0 Å². The van der Waals surface area contributed by atoms with E-state index < -0.39 is 11.7 Å². The summed E-state index contributed by atoms with van der Waals surface area (Å²) in [5.41, 5.74) is 0.405. The Morgan fingerprint density at radius 1 is 0.966 bits per heavy atom. The number of piperidine rings is 1. The lowest BCUT2D eigenvalue weighted by Gasteiger charge is -2.31. The molecule has 0 spiro atoms. The molecular formula is C22H21F3N2O2. The van der Waals surface area contributed by atoms with E-state index in [1.54, 1.807) is 29.2 Å². The van der Waals surface area contributed by atoms with Gasteiger partial charge in [-0.15, -0.1) is 0 Å². The Labute approximate surface area is 167 Å². The molecule has 0 saturated carbocycles. The van der Waals surface area contributed by atoms with Crippen LogP contribution in [-0.2, 0) is 11.0 Å². The molecule has 4 nitrogen and oxygen atoms in total. The van der Waals surface area contributed by atoms with Crippen molar-refractivity contribution < 1.29 is 22.8 Å². The molecule has 152 valence electrons. The van der Waals surface area contributed by atoms with Crippen molar-refractivity contribution in [3.05, 3.63) is 77.4 Å². The van der Waals surface area contributed by atoms with Gasteiger partial charge in [0.15, 0.2) is 0 Å². The minimum atomic E-state index is -4.38. The second kappa shape index (κ2) is 8.94. The van der Waals surface area contributed by atoms with E-state index in [2.05, 4.69) is 5.32 Å². The van der Waals surface area contributed by atoms with Gasteiger partial charge in [0.2, 0.25) is 5.91 Å². The molecule has 0 radical (unpaired) electrons. The first-order chi connectivity index (χ1) is 13.8. The van der Waals surface area contributed by atoms with Crippen molar-refractivity contribution in [1.29, 1.82) is 0 Å². The fourth-order valence-electron chi connectivity index (χ4n) is 3.16. The quantitative estimate of drug-likeness (QED) is 0.782. The summed E-state index contributed by atoms with van der Waals surface area (Å²) >= 11 is 0. The third-order valence-corrected chi connectivity index (χ3v) is 4.83. The van der Waals surface area contributed by atoms with Crippen molar-refractivity contribution in [3.63, 3.8) is 0 Å². The van der Waals surface area contributed by atoms with Crippen molar-refractivity contribution in [3.8, 4) is 0 Å². The Morgan fingerprint density at radius 3 is 2.17 bits per heavy atom. The molecule has 1 N–H and O–H groups in total. The summed E-state index contributed by atoms with van der Waals surface area (Å²) in [4.78, 5) is 26.2. The van der Waals surface area contributed by atoms with E-state index in [0.717, 1.165) is 12.1 Å². The van der Waals surface area contributed by atoms with E-state index in [-0.39, 0.29) is 17.9 Å². The summed E-state index contributed by atoms with van der Waals surface area (Å²) in [6, 6.07) is 13.6. The average Bonchev–Trinajstić information content (AvgIpc) is 2.73. The number of benzene rings is 2. The highest BCUT2D eigenvalue weighted by molar-refractivity contribution is 5.94. The molecule has 2 amide bonds. The molecular weight excluding hydrogens is 381 g/mol. The van der Waals surface area contributed by atoms with Crippen LogP contribution in [0.3, 0.4) is 0 Å². The van der Waals surface area contributed by atoms with Crippen LogP contribution < -0.4 is 5.32 Å². The lowest BCUT2D eigenvalue weighted by Crippen LogP contribution is -2.46. The van der Waals surface area contributed by atoms with Crippen LogP contribution in [0.5, 0.6) is 0 Å². The summed E-state index contributed by atoms with van der Waals surface area (Å²) in [5, 5.41) is 2.98. The number of carbonyl (C=O) groups excluding carboxylic acids is 2. The fourth-order valence-corrected chi connectivity index (χ4v) is 3.16. The largest absolute Gasteiger partial charge is 0.416 e. The van der Waals surface area contributed by atoms with E-state index in [1.807, 2.05) is 6.07 Å². The topological polar surface area (TPSA) is 49.4 Å². The van der Waals surface area contributed by atoms with Gasteiger partial charge >= 0.3 is 6.18 Å². The summed E-state index contributed by atoms with van der Waals surface area (Å²) in [7, 11) is 0. The zero-order chi connectivity index (χ0) is 20.9. The Hall–Kier alpha value is -3.09. The van der Waals surface area contributed by atoms with Gasteiger partial charge in [-0.2, -0.15) is 13.2 Å². The maximum Gasteiger partial charge on any atom is 0.416 e. The predicted molar refractivity (Wildman–Crippen MR) is 104 cm³/mol. The molecule has 0 atom stereocenters. The first kappa shape index (κ1) is 20.6. The normalized spacial score (nSPS) is 15.5. The molecule has 2 aromatic carbocycles. The zero-order valence-electron chi connectivity index (χ0n) is 15.7. The predicted octanol–water partition coefficient (Wildman–Crippen LogP) is 4.14. The summed E-state index contributed by atoms with van der Waals surface area (Å²) in [6.45, 7) is 1.02. The average molecular weight is 402 g/mol. The summed E-state index contributed by atoms with van der Waals surface area (Å²) < 4.78 is 37.7. The Morgan fingerprint density at radius 2 is 1.59 bits per heavy atom. The molecule has 1 fully saturated rings. The van der Waals surface area contributed by atoms with Gasteiger partial charge < -0.3 is 10.2 Å². The second-order valence-corrected chi connectivity index (χ2v) is 6.89. The van der Waals surface area contributed by atoms with Gasteiger partial charge in [-0.25, -0.2) is 0 Å². The number of rotatable bonds is 4. The van der Waals surface area contributed by atoms with Crippen molar-refractivity contribution in [1.82, 2.24) is 10.2 Å². The number of alkyl halides is 3. The van der Waals surface area contributed by atoms with E-state index in [1.165, 1.54) is 24.3 Å². The van der Waals surface area contributed by atoms with Crippen molar-refractivity contribution in [2.75, 3.05) is 13.1 Å². The standard InChI is InChI=1S/C22H21F3N2O2/c23-22(24,25)18-9-6-16(7-10-18)8-11-20(28)27-14-12-19(13-15-27)26-21(29)17-4-2-1-3-5-17/h1-11,19H,12-15H2,(H,26,29)/b11-8+. The Bertz CT molecular complexity index is 869. The fraction of sp³-hybridized carbons (Fsp3) is 0.273. The molecule has 0 bridgehead atoms. The van der Waals surface area contributed by atoms with Crippen LogP contribution in [0.15, 0.2) is 60.7 Å². The van der Waals surface area contributed by atoms with Crippen molar-refractivity contribution in [2.45, 2.75) is 25.1 Å². The SMILES string of the molecule is O=C(NC1CCN(C(=O)/C=C/c2ccc(C(F)(F)F)cc2)CC1)c1ccccc1. The van der Waals surface area contributed by atoms with Gasteiger partial charge in [0.25, 0.3) is 5.91 Å². The van der Waals surface area contributed by atoms with Crippen molar-refractivity contribution in [2.24, 2.45) is 0 Å². The van der Waals surface area contributed by atoms with Gasteiger partial charge in [-0.3, -0.25) is 9.59 Å². The molecule has 1 aliphatic heterocycles. The molecule has 1 heterocycles. The highest BCUT2D eigenvalue weighted by atomic mass is 19.4. The number of hydrogen-bond acceptors (Lipinski definition) is 2. The monoisotopic (exact) mass is 402 g/mol. The molecule has 3 rings (SSSR count). The van der Waals surface area contributed by atoms with Crippen LogP contribution in [-0.4, -0.2) is 35.8 Å². The molecule has 1 saturated heterocycles. The lowest BCUT2D eigenvalue weighted by molar-refractivity contribution is -0.137. The van der Waals surface area contributed by atoms with Crippen LogP contribution >= 0.6 is 0 Å². The smallest absolute Gasteiger partial charge is 0.349 e.